The lowest BCUT2D eigenvalue weighted by Gasteiger charge is -2.43. The van der Waals surface area contributed by atoms with Gasteiger partial charge < -0.3 is 14.5 Å². The van der Waals surface area contributed by atoms with Gasteiger partial charge >= 0.3 is 0 Å². The highest BCUT2D eigenvalue weighted by Crippen LogP contribution is 2.39. The van der Waals surface area contributed by atoms with Crippen molar-refractivity contribution >= 4 is 11.8 Å². The zero-order chi connectivity index (χ0) is 20.3. The van der Waals surface area contributed by atoms with Gasteiger partial charge in [-0.15, -0.1) is 0 Å². The van der Waals surface area contributed by atoms with Crippen molar-refractivity contribution in [1.82, 2.24) is 9.80 Å². The SMILES string of the molecule is CCC(CC)C(=O)N(C)C1CCC2(CC1)CN(C(C)=O)Cc1ccccc1O2. The molecule has 28 heavy (non-hydrogen) atoms. The lowest BCUT2D eigenvalue weighted by Crippen LogP contribution is -2.52. The standard InChI is InChI=1S/C23H34N2O3/c1-5-18(6-2)22(27)24(4)20-11-13-23(14-12-20)16-25(17(3)26)15-19-9-7-8-10-21(19)28-23/h7-10,18,20H,5-6,11-16H2,1-4H3. The minimum Gasteiger partial charge on any atom is -0.485 e. The van der Waals surface area contributed by atoms with Crippen LogP contribution in [0, 0.1) is 5.92 Å². The largest absolute Gasteiger partial charge is 0.485 e. The molecular weight excluding hydrogens is 352 g/mol. The lowest BCUT2D eigenvalue weighted by atomic mass is 9.80. The molecule has 5 nitrogen and oxygen atoms in total. The summed E-state index contributed by atoms with van der Waals surface area (Å²) in [5, 5.41) is 0. The van der Waals surface area contributed by atoms with Crippen LogP contribution in [0.4, 0.5) is 0 Å². The summed E-state index contributed by atoms with van der Waals surface area (Å²) in [7, 11) is 1.95. The van der Waals surface area contributed by atoms with Crippen LogP contribution in [0.2, 0.25) is 0 Å². The highest BCUT2D eigenvalue weighted by Gasteiger charge is 2.43. The highest BCUT2D eigenvalue weighted by molar-refractivity contribution is 5.78. The van der Waals surface area contributed by atoms with Crippen molar-refractivity contribution < 1.29 is 14.3 Å². The van der Waals surface area contributed by atoms with Crippen molar-refractivity contribution in [3.05, 3.63) is 29.8 Å². The molecule has 0 saturated heterocycles. The average Bonchev–Trinajstić information content (AvgIpc) is 2.85. The molecule has 1 saturated carbocycles. The molecule has 0 N–H and O–H groups in total. The molecule has 1 spiro atoms. The summed E-state index contributed by atoms with van der Waals surface area (Å²) < 4.78 is 6.55. The fraction of sp³-hybridized carbons (Fsp3) is 0.652. The second-order valence-electron chi connectivity index (χ2n) is 8.46. The molecule has 5 heteroatoms. The van der Waals surface area contributed by atoms with Crippen LogP contribution in [0.15, 0.2) is 24.3 Å². The van der Waals surface area contributed by atoms with Crippen LogP contribution in [0.3, 0.4) is 0 Å². The Hall–Kier alpha value is -2.04. The molecule has 154 valence electrons. The Labute approximate surface area is 169 Å². The van der Waals surface area contributed by atoms with Gasteiger partial charge in [0.05, 0.1) is 6.54 Å². The van der Waals surface area contributed by atoms with Gasteiger partial charge in [0.25, 0.3) is 0 Å². The van der Waals surface area contributed by atoms with E-state index in [1.807, 2.05) is 41.1 Å². The van der Waals surface area contributed by atoms with Crippen molar-refractivity contribution in [2.75, 3.05) is 13.6 Å². The van der Waals surface area contributed by atoms with E-state index in [2.05, 4.69) is 13.8 Å². The summed E-state index contributed by atoms with van der Waals surface area (Å²) in [4.78, 5) is 28.9. The number of carbonyl (C=O) groups excluding carboxylic acids is 2. The Balaban J connectivity index is 1.74. The number of hydrogen-bond acceptors (Lipinski definition) is 3. The van der Waals surface area contributed by atoms with Crippen molar-refractivity contribution in [3.63, 3.8) is 0 Å². The fourth-order valence-corrected chi connectivity index (χ4v) is 4.71. The van der Waals surface area contributed by atoms with Gasteiger partial charge in [-0.2, -0.15) is 0 Å². The molecule has 0 bridgehead atoms. The van der Waals surface area contributed by atoms with Crippen LogP contribution in [-0.2, 0) is 16.1 Å². The van der Waals surface area contributed by atoms with E-state index in [-0.39, 0.29) is 29.4 Å². The topological polar surface area (TPSA) is 49.9 Å². The van der Waals surface area contributed by atoms with Gasteiger partial charge in [-0.1, -0.05) is 32.0 Å². The van der Waals surface area contributed by atoms with Gasteiger partial charge in [0, 0.05) is 38.0 Å². The fourth-order valence-electron chi connectivity index (χ4n) is 4.71. The van der Waals surface area contributed by atoms with E-state index < -0.39 is 0 Å². The molecule has 2 aliphatic rings. The zero-order valence-electron chi connectivity index (χ0n) is 17.7. The number of fused-ring (bicyclic) bond motifs is 1. The number of para-hydroxylation sites is 1. The number of amides is 2. The second-order valence-corrected chi connectivity index (χ2v) is 8.46. The van der Waals surface area contributed by atoms with Crippen molar-refractivity contribution in [2.24, 2.45) is 5.92 Å². The van der Waals surface area contributed by atoms with Crippen molar-refractivity contribution in [1.29, 1.82) is 0 Å². The molecule has 1 aliphatic heterocycles. The quantitative estimate of drug-likeness (QED) is 0.786. The van der Waals surface area contributed by atoms with Gasteiger partial charge in [0.15, 0.2) is 0 Å². The van der Waals surface area contributed by atoms with E-state index >= 15 is 0 Å². The number of rotatable bonds is 4. The average molecular weight is 387 g/mol. The third-order valence-corrected chi connectivity index (χ3v) is 6.68. The molecule has 3 rings (SSSR count). The first-order valence-electron chi connectivity index (χ1n) is 10.7. The van der Waals surface area contributed by atoms with E-state index in [4.69, 9.17) is 4.74 Å². The summed E-state index contributed by atoms with van der Waals surface area (Å²) in [6, 6.07) is 8.29. The summed E-state index contributed by atoms with van der Waals surface area (Å²) in [5.74, 6) is 1.37. The first kappa shape index (κ1) is 20.7. The molecule has 0 unspecified atom stereocenters. The van der Waals surface area contributed by atoms with Crippen LogP contribution in [0.25, 0.3) is 0 Å². The maximum Gasteiger partial charge on any atom is 0.225 e. The molecule has 0 radical (unpaired) electrons. The normalized spacial score (nSPS) is 24.5. The van der Waals surface area contributed by atoms with E-state index in [1.54, 1.807) is 6.92 Å². The number of nitrogens with zero attached hydrogens (tertiary/aromatic N) is 2. The summed E-state index contributed by atoms with van der Waals surface area (Å²) in [5.41, 5.74) is 0.714. The summed E-state index contributed by atoms with van der Waals surface area (Å²) >= 11 is 0. The molecule has 1 heterocycles. The minimum atomic E-state index is -0.354. The molecule has 2 amide bonds. The van der Waals surface area contributed by atoms with Crippen LogP contribution in [0.5, 0.6) is 5.75 Å². The molecule has 1 aromatic carbocycles. The molecule has 1 aromatic rings. The van der Waals surface area contributed by atoms with E-state index in [9.17, 15) is 9.59 Å². The number of ether oxygens (including phenoxy) is 1. The van der Waals surface area contributed by atoms with Crippen LogP contribution in [-0.4, -0.2) is 46.8 Å². The number of carbonyl (C=O) groups is 2. The van der Waals surface area contributed by atoms with Gasteiger partial charge in [-0.3, -0.25) is 9.59 Å². The molecule has 1 fully saturated rings. The molecule has 0 atom stereocenters. The molecule has 1 aliphatic carbocycles. The third kappa shape index (κ3) is 4.18. The van der Waals surface area contributed by atoms with Gasteiger partial charge in [0.1, 0.15) is 11.4 Å². The smallest absolute Gasteiger partial charge is 0.225 e. The molecule has 0 aromatic heterocycles. The lowest BCUT2D eigenvalue weighted by molar-refractivity contribution is -0.138. The third-order valence-electron chi connectivity index (χ3n) is 6.68. The predicted molar refractivity (Wildman–Crippen MR) is 110 cm³/mol. The maximum atomic E-state index is 12.8. The van der Waals surface area contributed by atoms with Gasteiger partial charge in [-0.05, 0) is 44.6 Å². The zero-order valence-corrected chi connectivity index (χ0v) is 17.7. The van der Waals surface area contributed by atoms with Gasteiger partial charge in [-0.25, -0.2) is 0 Å². The Morgan fingerprint density at radius 3 is 2.46 bits per heavy atom. The van der Waals surface area contributed by atoms with Crippen molar-refractivity contribution in [3.8, 4) is 5.75 Å². The van der Waals surface area contributed by atoms with Crippen molar-refractivity contribution in [2.45, 2.75) is 77.5 Å². The Morgan fingerprint density at radius 2 is 1.86 bits per heavy atom. The van der Waals surface area contributed by atoms with E-state index in [0.29, 0.717) is 13.1 Å². The Morgan fingerprint density at radius 1 is 1.21 bits per heavy atom. The predicted octanol–water partition coefficient (Wildman–Crippen LogP) is 4.00. The van der Waals surface area contributed by atoms with Crippen LogP contribution < -0.4 is 4.74 Å². The Bertz CT molecular complexity index is 706. The number of benzene rings is 1. The summed E-state index contributed by atoms with van der Waals surface area (Å²) in [6.07, 6.45) is 5.33. The first-order valence-corrected chi connectivity index (χ1v) is 10.7. The van der Waals surface area contributed by atoms with E-state index in [1.165, 1.54) is 0 Å². The van der Waals surface area contributed by atoms with E-state index in [0.717, 1.165) is 49.8 Å². The number of hydrogen-bond donors (Lipinski definition) is 0. The monoisotopic (exact) mass is 386 g/mol. The second kappa shape index (κ2) is 8.54. The highest BCUT2D eigenvalue weighted by atomic mass is 16.5. The Kier molecular flexibility index (Phi) is 6.31. The summed E-state index contributed by atoms with van der Waals surface area (Å²) in [6.45, 7) is 7.03. The molecular formula is C23H34N2O3. The minimum absolute atomic E-state index is 0.0860. The van der Waals surface area contributed by atoms with Crippen LogP contribution >= 0.6 is 0 Å². The first-order chi connectivity index (χ1) is 13.4. The maximum absolute atomic E-state index is 12.8. The van der Waals surface area contributed by atoms with Crippen LogP contribution in [0.1, 0.15) is 64.9 Å². The van der Waals surface area contributed by atoms with Gasteiger partial charge in [0.2, 0.25) is 11.8 Å².